The first-order valence-corrected chi connectivity index (χ1v) is 17.1. The van der Waals surface area contributed by atoms with Gasteiger partial charge in [0, 0.05) is 16.2 Å². The van der Waals surface area contributed by atoms with Crippen molar-refractivity contribution in [1.82, 2.24) is 0 Å². The largest absolute Gasteiger partial charge is 0.461 e. The van der Waals surface area contributed by atoms with Crippen molar-refractivity contribution < 1.29 is 13.3 Å². The lowest BCUT2D eigenvalue weighted by Crippen LogP contribution is -2.31. The lowest BCUT2D eigenvalue weighted by molar-refractivity contribution is 0.288. The van der Waals surface area contributed by atoms with Gasteiger partial charge in [0.2, 0.25) is 0 Å². The monoisotopic (exact) mass is 608 g/mol. The van der Waals surface area contributed by atoms with E-state index in [-0.39, 0.29) is 5.41 Å². The highest BCUT2D eigenvalue weighted by molar-refractivity contribution is 5.80. The molecule has 3 nitrogen and oxygen atoms in total. The lowest BCUT2D eigenvalue weighted by Gasteiger charge is -2.36. The van der Waals surface area contributed by atoms with Crippen LogP contribution in [0.1, 0.15) is 115 Å². The number of hydrogen-bond donors (Lipinski definition) is 0. The van der Waals surface area contributed by atoms with Gasteiger partial charge in [-0.05, 0) is 104 Å². The van der Waals surface area contributed by atoms with Gasteiger partial charge in [0.1, 0.15) is 34.0 Å². The van der Waals surface area contributed by atoms with E-state index in [4.69, 9.17) is 13.3 Å². The van der Waals surface area contributed by atoms with E-state index in [1.54, 1.807) is 0 Å². The molecule has 242 valence electrons. The Balaban J connectivity index is 0.000000271. The van der Waals surface area contributed by atoms with Gasteiger partial charge in [0.15, 0.2) is 0 Å². The molecule has 0 aliphatic rings. The van der Waals surface area contributed by atoms with Crippen molar-refractivity contribution in [2.24, 2.45) is 5.92 Å². The number of aryl methyl sites for hydroxylation is 3. The molecule has 2 atom stereocenters. The van der Waals surface area contributed by atoms with E-state index in [0.29, 0.717) is 11.8 Å². The fourth-order valence-corrected chi connectivity index (χ4v) is 6.17. The molecule has 0 aliphatic carbocycles. The molecule has 0 N–H and O–H groups in total. The summed E-state index contributed by atoms with van der Waals surface area (Å²) in [4.78, 5) is 0. The quantitative estimate of drug-likeness (QED) is 0.181. The van der Waals surface area contributed by atoms with Gasteiger partial charge < -0.3 is 13.3 Å². The van der Waals surface area contributed by atoms with Crippen molar-refractivity contribution in [3.05, 3.63) is 107 Å². The number of furan rings is 3. The normalized spacial score (nSPS) is 13.0. The van der Waals surface area contributed by atoms with E-state index >= 15 is 0 Å². The Labute approximate surface area is 272 Å². The third-order valence-electron chi connectivity index (χ3n) is 8.74. The summed E-state index contributed by atoms with van der Waals surface area (Å²) >= 11 is 0. The molecule has 0 saturated carbocycles. The van der Waals surface area contributed by atoms with E-state index in [0.717, 1.165) is 53.3 Å². The average Bonchev–Trinajstić information content (AvgIpc) is 3.71. The Kier molecular flexibility index (Phi) is 12.7. The van der Waals surface area contributed by atoms with Crippen LogP contribution < -0.4 is 0 Å². The number of hydrogen-bond acceptors (Lipinski definition) is 3. The minimum absolute atomic E-state index is 0.0949. The van der Waals surface area contributed by atoms with Crippen molar-refractivity contribution in [2.75, 3.05) is 0 Å². The molecule has 3 heterocycles. The standard InChI is InChI=1S/C26H30O2.C12H14O.2C2H6/c1-6-11-26(5,23-10-9-22-14-19(4)28-25(22)16-23)17(2)12-20-7-8-21-13-18(3)27-24(21)15-20;1-8(2)10-4-5-11-6-9(3)13-12(11)7-10;2*1-2/h7-10,13-17H,6,11-12H2,1-5H3;4-8H,1-3H3;2*1-2H3. The Morgan fingerprint density at radius 2 is 1.07 bits per heavy atom. The van der Waals surface area contributed by atoms with Crippen LogP contribution in [0.2, 0.25) is 0 Å². The van der Waals surface area contributed by atoms with Crippen molar-refractivity contribution >= 4 is 32.9 Å². The molecule has 6 aromatic rings. The molecular weight excluding hydrogens is 552 g/mol. The summed E-state index contributed by atoms with van der Waals surface area (Å²) in [6.45, 7) is 25.5. The van der Waals surface area contributed by atoms with E-state index < -0.39 is 0 Å². The molecule has 6 rings (SSSR count). The van der Waals surface area contributed by atoms with E-state index in [2.05, 4.69) is 107 Å². The van der Waals surface area contributed by atoms with Gasteiger partial charge in [-0.3, -0.25) is 0 Å². The maximum absolute atomic E-state index is 5.92. The maximum Gasteiger partial charge on any atom is 0.134 e. The van der Waals surface area contributed by atoms with Crippen LogP contribution in [0.15, 0.2) is 86.0 Å². The van der Waals surface area contributed by atoms with Crippen molar-refractivity contribution in [3.8, 4) is 0 Å². The molecular formula is C42H56O3. The zero-order valence-corrected chi connectivity index (χ0v) is 29.9. The second-order valence-electron chi connectivity index (χ2n) is 12.4. The molecule has 0 bridgehead atoms. The van der Waals surface area contributed by atoms with Crippen LogP contribution in [0.5, 0.6) is 0 Å². The zero-order valence-electron chi connectivity index (χ0n) is 29.9. The Morgan fingerprint density at radius 1 is 0.600 bits per heavy atom. The third kappa shape index (κ3) is 8.51. The van der Waals surface area contributed by atoms with Gasteiger partial charge in [-0.25, -0.2) is 0 Å². The predicted octanol–water partition coefficient (Wildman–Crippen LogP) is 13.6. The molecule has 0 saturated heterocycles. The van der Waals surface area contributed by atoms with Gasteiger partial charge in [-0.2, -0.15) is 0 Å². The Bertz CT molecular complexity index is 1780. The fraction of sp³-hybridized carbons (Fsp3) is 0.429. The molecule has 2 unspecified atom stereocenters. The highest BCUT2D eigenvalue weighted by atomic mass is 16.3. The molecule has 0 radical (unpaired) electrons. The molecule has 0 aliphatic heterocycles. The summed E-state index contributed by atoms with van der Waals surface area (Å²) in [6, 6.07) is 26.1. The van der Waals surface area contributed by atoms with E-state index in [1.807, 2.05) is 48.5 Å². The first kappa shape index (κ1) is 35.8. The van der Waals surface area contributed by atoms with Crippen LogP contribution in [0.4, 0.5) is 0 Å². The highest BCUT2D eigenvalue weighted by Gasteiger charge is 2.33. The topological polar surface area (TPSA) is 39.4 Å². The van der Waals surface area contributed by atoms with Crippen LogP contribution in [0.25, 0.3) is 32.9 Å². The number of rotatable bonds is 7. The number of benzene rings is 3. The maximum atomic E-state index is 5.92. The van der Waals surface area contributed by atoms with Crippen LogP contribution in [-0.4, -0.2) is 0 Å². The molecule has 3 aromatic carbocycles. The summed E-state index contributed by atoms with van der Waals surface area (Å²) < 4.78 is 17.3. The van der Waals surface area contributed by atoms with Gasteiger partial charge in [-0.1, -0.05) is 105 Å². The zero-order chi connectivity index (χ0) is 33.3. The molecule has 3 heteroatoms. The summed E-state index contributed by atoms with van der Waals surface area (Å²) in [6.07, 6.45) is 3.34. The lowest BCUT2D eigenvalue weighted by atomic mass is 9.67. The molecule has 0 amide bonds. The molecule has 45 heavy (non-hydrogen) atoms. The van der Waals surface area contributed by atoms with Crippen molar-refractivity contribution in [1.29, 1.82) is 0 Å². The van der Waals surface area contributed by atoms with Crippen molar-refractivity contribution in [3.63, 3.8) is 0 Å². The Hall–Kier alpha value is -3.72. The summed E-state index contributed by atoms with van der Waals surface area (Å²) in [5.74, 6) is 3.98. The fourth-order valence-electron chi connectivity index (χ4n) is 6.17. The van der Waals surface area contributed by atoms with Crippen LogP contribution >= 0.6 is 0 Å². The first-order chi connectivity index (χ1) is 21.5. The second kappa shape index (κ2) is 16.0. The Morgan fingerprint density at radius 3 is 1.58 bits per heavy atom. The summed E-state index contributed by atoms with van der Waals surface area (Å²) in [5.41, 5.74) is 7.14. The molecule has 0 fully saturated rings. The van der Waals surface area contributed by atoms with Gasteiger partial charge in [0.05, 0.1) is 0 Å². The first-order valence-electron chi connectivity index (χ1n) is 17.1. The number of fused-ring (bicyclic) bond motifs is 3. The average molecular weight is 609 g/mol. The van der Waals surface area contributed by atoms with Crippen LogP contribution in [0.3, 0.4) is 0 Å². The van der Waals surface area contributed by atoms with Gasteiger partial charge in [-0.15, -0.1) is 0 Å². The third-order valence-corrected chi connectivity index (χ3v) is 8.74. The van der Waals surface area contributed by atoms with E-state index in [9.17, 15) is 0 Å². The van der Waals surface area contributed by atoms with Crippen molar-refractivity contribution in [2.45, 2.75) is 114 Å². The van der Waals surface area contributed by atoms with E-state index in [1.165, 1.54) is 32.8 Å². The predicted molar refractivity (Wildman–Crippen MR) is 195 cm³/mol. The molecule has 3 aromatic heterocycles. The smallest absolute Gasteiger partial charge is 0.134 e. The summed E-state index contributed by atoms with van der Waals surface area (Å²) in [5, 5.41) is 3.57. The van der Waals surface area contributed by atoms with Crippen LogP contribution in [0, 0.1) is 26.7 Å². The second-order valence-corrected chi connectivity index (χ2v) is 12.4. The SMILES string of the molecule is CC.CC.CCCC(C)(c1ccc2cc(C)oc2c1)C(C)Cc1ccc2cc(C)oc2c1.Cc1cc2ccc(C(C)C)cc2o1. The summed E-state index contributed by atoms with van der Waals surface area (Å²) in [7, 11) is 0. The van der Waals surface area contributed by atoms with Gasteiger partial charge in [0.25, 0.3) is 0 Å². The minimum atomic E-state index is 0.0949. The van der Waals surface area contributed by atoms with Crippen LogP contribution in [-0.2, 0) is 11.8 Å². The van der Waals surface area contributed by atoms with Gasteiger partial charge >= 0.3 is 0 Å². The highest BCUT2D eigenvalue weighted by Crippen LogP contribution is 2.40. The minimum Gasteiger partial charge on any atom is -0.461 e. The molecule has 0 spiro atoms.